The standard InChI is InChI=1S/C26H25F3N2O4S/c1-15-5-6-18(12-21(15)35-14-22(32)33)19-4-3-11-31(13-19)25(34)23-16(2)30-24(36-23)17-7-9-20(10-8-17)26(27,28)29/h5-10,12,19H,3-4,11,13-14H2,1-2H3,(H,32,33)/t19-/m0/s1. The maximum Gasteiger partial charge on any atom is 0.416 e. The fourth-order valence-corrected chi connectivity index (χ4v) is 5.30. The van der Waals surface area contributed by atoms with E-state index in [9.17, 15) is 22.8 Å². The second-order valence-corrected chi connectivity index (χ2v) is 9.81. The Kier molecular flexibility index (Phi) is 7.35. The minimum Gasteiger partial charge on any atom is -0.482 e. The van der Waals surface area contributed by atoms with Crippen LogP contribution in [0, 0.1) is 13.8 Å². The van der Waals surface area contributed by atoms with E-state index in [0.29, 0.717) is 40.0 Å². The molecule has 10 heteroatoms. The molecule has 3 aromatic rings. The minimum absolute atomic E-state index is 0.0677. The number of carboxylic acids is 1. The van der Waals surface area contributed by atoms with Gasteiger partial charge in [0.1, 0.15) is 15.6 Å². The van der Waals surface area contributed by atoms with Gasteiger partial charge >= 0.3 is 12.1 Å². The number of benzene rings is 2. The number of carbonyl (C=O) groups is 2. The molecule has 0 radical (unpaired) electrons. The van der Waals surface area contributed by atoms with Crippen LogP contribution in [-0.2, 0) is 11.0 Å². The van der Waals surface area contributed by atoms with E-state index < -0.39 is 24.3 Å². The van der Waals surface area contributed by atoms with Crippen molar-refractivity contribution in [3.8, 4) is 16.3 Å². The van der Waals surface area contributed by atoms with Gasteiger partial charge in [-0.15, -0.1) is 11.3 Å². The molecule has 36 heavy (non-hydrogen) atoms. The molecule has 1 N–H and O–H groups in total. The number of ether oxygens (including phenoxy) is 1. The van der Waals surface area contributed by atoms with E-state index in [-0.39, 0.29) is 11.8 Å². The number of rotatable bonds is 6. The number of thiazole rings is 1. The van der Waals surface area contributed by atoms with Crippen LogP contribution in [0.5, 0.6) is 5.75 Å². The smallest absolute Gasteiger partial charge is 0.416 e. The van der Waals surface area contributed by atoms with Gasteiger partial charge < -0.3 is 14.7 Å². The fraction of sp³-hybridized carbons (Fsp3) is 0.346. The number of likely N-dealkylation sites (tertiary alicyclic amines) is 1. The fourth-order valence-electron chi connectivity index (χ4n) is 4.26. The Balaban J connectivity index is 1.50. The molecule has 0 spiro atoms. The van der Waals surface area contributed by atoms with Gasteiger partial charge in [0.25, 0.3) is 5.91 Å². The summed E-state index contributed by atoms with van der Waals surface area (Å²) in [6, 6.07) is 10.5. The third-order valence-electron chi connectivity index (χ3n) is 6.19. The molecular weight excluding hydrogens is 493 g/mol. The number of hydrogen-bond acceptors (Lipinski definition) is 5. The first-order valence-corrected chi connectivity index (χ1v) is 12.2. The number of aromatic nitrogens is 1. The van der Waals surface area contributed by atoms with E-state index in [0.717, 1.165) is 36.1 Å². The molecular formula is C26H25F3N2O4S. The number of nitrogens with zero attached hydrogens (tertiary/aromatic N) is 2. The highest BCUT2D eigenvalue weighted by atomic mass is 32.1. The molecule has 1 saturated heterocycles. The molecule has 0 bridgehead atoms. The molecule has 0 unspecified atom stereocenters. The van der Waals surface area contributed by atoms with Crippen molar-refractivity contribution in [2.75, 3.05) is 19.7 Å². The zero-order valence-electron chi connectivity index (χ0n) is 19.8. The zero-order valence-corrected chi connectivity index (χ0v) is 20.6. The van der Waals surface area contributed by atoms with Crippen LogP contribution in [0.2, 0.25) is 0 Å². The van der Waals surface area contributed by atoms with Gasteiger partial charge in [0.15, 0.2) is 6.61 Å². The summed E-state index contributed by atoms with van der Waals surface area (Å²) in [5, 5.41) is 9.41. The third kappa shape index (κ3) is 5.70. The Morgan fingerprint density at radius 2 is 1.89 bits per heavy atom. The number of alkyl halides is 3. The van der Waals surface area contributed by atoms with Gasteiger partial charge in [-0.2, -0.15) is 13.2 Å². The van der Waals surface area contributed by atoms with Crippen LogP contribution in [0.1, 0.15) is 50.8 Å². The number of aryl methyl sites for hydroxylation is 2. The molecule has 1 aliphatic rings. The highest BCUT2D eigenvalue weighted by molar-refractivity contribution is 7.17. The number of carboxylic acid groups (broad SMARTS) is 1. The summed E-state index contributed by atoms with van der Waals surface area (Å²) in [7, 11) is 0. The van der Waals surface area contributed by atoms with Gasteiger partial charge in [0, 0.05) is 24.6 Å². The van der Waals surface area contributed by atoms with Gasteiger partial charge in [-0.25, -0.2) is 9.78 Å². The van der Waals surface area contributed by atoms with E-state index in [1.807, 2.05) is 25.1 Å². The van der Waals surface area contributed by atoms with Crippen molar-refractivity contribution >= 4 is 23.2 Å². The molecule has 1 amide bonds. The number of carbonyl (C=O) groups excluding carboxylic acids is 1. The highest BCUT2D eigenvalue weighted by Gasteiger charge is 2.31. The second-order valence-electron chi connectivity index (χ2n) is 8.81. The summed E-state index contributed by atoms with van der Waals surface area (Å²) < 4.78 is 44.0. The zero-order chi connectivity index (χ0) is 26.0. The van der Waals surface area contributed by atoms with E-state index in [4.69, 9.17) is 9.84 Å². The van der Waals surface area contributed by atoms with Crippen LogP contribution >= 0.6 is 11.3 Å². The van der Waals surface area contributed by atoms with Crippen molar-refractivity contribution in [1.29, 1.82) is 0 Å². The highest BCUT2D eigenvalue weighted by Crippen LogP contribution is 2.35. The Morgan fingerprint density at radius 1 is 1.17 bits per heavy atom. The summed E-state index contributed by atoms with van der Waals surface area (Å²) in [4.78, 5) is 31.0. The van der Waals surface area contributed by atoms with Gasteiger partial charge in [0.05, 0.1) is 11.3 Å². The third-order valence-corrected chi connectivity index (χ3v) is 7.39. The predicted octanol–water partition coefficient (Wildman–Crippen LogP) is 5.93. The van der Waals surface area contributed by atoms with Crippen molar-refractivity contribution in [3.63, 3.8) is 0 Å². The Hall–Kier alpha value is -3.40. The Morgan fingerprint density at radius 3 is 2.56 bits per heavy atom. The maximum atomic E-state index is 13.4. The van der Waals surface area contributed by atoms with Crippen LogP contribution in [0.15, 0.2) is 42.5 Å². The minimum atomic E-state index is -4.41. The molecule has 0 aliphatic carbocycles. The first kappa shape index (κ1) is 25.7. The van der Waals surface area contributed by atoms with Gasteiger partial charge in [-0.1, -0.05) is 24.3 Å². The lowest BCUT2D eigenvalue weighted by atomic mass is 9.89. The largest absolute Gasteiger partial charge is 0.482 e. The van der Waals surface area contributed by atoms with E-state index >= 15 is 0 Å². The van der Waals surface area contributed by atoms with Crippen molar-refractivity contribution in [1.82, 2.24) is 9.88 Å². The van der Waals surface area contributed by atoms with E-state index in [1.165, 1.54) is 23.5 Å². The average Bonchev–Trinajstić information content (AvgIpc) is 3.24. The van der Waals surface area contributed by atoms with Crippen LogP contribution < -0.4 is 4.74 Å². The van der Waals surface area contributed by atoms with Crippen molar-refractivity contribution < 1.29 is 32.6 Å². The molecule has 1 fully saturated rings. The molecule has 1 aromatic heterocycles. The number of halogens is 3. The van der Waals surface area contributed by atoms with Gasteiger partial charge in [-0.05, 0) is 56.0 Å². The van der Waals surface area contributed by atoms with E-state index in [1.54, 1.807) is 11.8 Å². The quantitative estimate of drug-likeness (QED) is 0.438. The van der Waals surface area contributed by atoms with Crippen molar-refractivity contribution in [2.24, 2.45) is 0 Å². The first-order chi connectivity index (χ1) is 17.0. The van der Waals surface area contributed by atoms with Crippen LogP contribution in [0.4, 0.5) is 13.2 Å². The van der Waals surface area contributed by atoms with Crippen LogP contribution in [0.3, 0.4) is 0 Å². The van der Waals surface area contributed by atoms with Crippen LogP contribution in [0.25, 0.3) is 10.6 Å². The van der Waals surface area contributed by atoms with Crippen molar-refractivity contribution in [2.45, 2.75) is 38.8 Å². The summed E-state index contributed by atoms with van der Waals surface area (Å²) in [5.41, 5.74) is 2.15. The molecule has 1 atom stereocenters. The molecule has 190 valence electrons. The van der Waals surface area contributed by atoms with E-state index in [2.05, 4.69) is 4.98 Å². The Labute approximate surface area is 210 Å². The summed E-state index contributed by atoms with van der Waals surface area (Å²) in [5.74, 6) is -0.622. The number of hydrogen-bond donors (Lipinski definition) is 1. The maximum absolute atomic E-state index is 13.4. The molecule has 0 saturated carbocycles. The SMILES string of the molecule is Cc1ccc([C@H]2CCCN(C(=O)c3sc(-c4ccc(C(F)(F)F)cc4)nc3C)C2)cc1OCC(=O)O. The van der Waals surface area contributed by atoms with Gasteiger partial charge in [-0.3, -0.25) is 4.79 Å². The Bertz CT molecular complexity index is 1270. The predicted molar refractivity (Wildman–Crippen MR) is 129 cm³/mol. The van der Waals surface area contributed by atoms with Gasteiger partial charge in [0.2, 0.25) is 0 Å². The van der Waals surface area contributed by atoms with Crippen LogP contribution in [-0.4, -0.2) is 46.6 Å². The summed E-state index contributed by atoms with van der Waals surface area (Å²) in [6.45, 7) is 4.23. The molecule has 2 aromatic carbocycles. The molecule has 6 nitrogen and oxygen atoms in total. The monoisotopic (exact) mass is 518 g/mol. The topological polar surface area (TPSA) is 79.7 Å². The summed E-state index contributed by atoms with van der Waals surface area (Å²) >= 11 is 1.18. The lowest BCUT2D eigenvalue weighted by Gasteiger charge is -2.33. The second kappa shape index (κ2) is 10.3. The van der Waals surface area contributed by atoms with Crippen molar-refractivity contribution in [3.05, 3.63) is 69.7 Å². The average molecular weight is 519 g/mol. The summed E-state index contributed by atoms with van der Waals surface area (Å²) in [6.07, 6.45) is -2.73. The normalized spacial score (nSPS) is 16.1. The number of piperidine rings is 1. The molecule has 4 rings (SSSR count). The number of aliphatic carboxylic acids is 1. The molecule has 2 heterocycles. The molecule has 1 aliphatic heterocycles. The number of amides is 1. The lowest BCUT2D eigenvalue weighted by molar-refractivity contribution is -0.139. The first-order valence-electron chi connectivity index (χ1n) is 11.4. The lowest BCUT2D eigenvalue weighted by Crippen LogP contribution is -2.39.